The van der Waals surface area contributed by atoms with E-state index in [1.165, 1.54) is 38.5 Å². The van der Waals surface area contributed by atoms with E-state index in [1.54, 1.807) is 23.6 Å². The van der Waals surface area contributed by atoms with E-state index in [-0.39, 0.29) is 29.5 Å². The molecule has 4 fully saturated rings. The van der Waals surface area contributed by atoms with E-state index in [0.29, 0.717) is 17.9 Å². The number of carbonyl (C=O) groups excluding carboxylic acids is 2. The van der Waals surface area contributed by atoms with Crippen LogP contribution in [0.25, 0.3) is 5.65 Å². The van der Waals surface area contributed by atoms with Gasteiger partial charge in [0.2, 0.25) is 5.91 Å². The highest BCUT2D eigenvalue weighted by Gasteiger charge is 2.51. The van der Waals surface area contributed by atoms with Crippen LogP contribution >= 0.6 is 0 Å². The van der Waals surface area contributed by atoms with Crippen LogP contribution in [0, 0.1) is 23.2 Å². The van der Waals surface area contributed by atoms with Crippen molar-refractivity contribution in [1.29, 1.82) is 0 Å². The van der Waals surface area contributed by atoms with Crippen LogP contribution in [-0.2, 0) is 4.79 Å². The molecule has 0 radical (unpaired) electrons. The number of nitrogens with one attached hydrogen (secondary N) is 2. The normalized spacial score (nSPS) is 30.4. The Morgan fingerprint density at radius 3 is 2.50 bits per heavy atom. The van der Waals surface area contributed by atoms with Crippen molar-refractivity contribution in [2.24, 2.45) is 23.2 Å². The van der Waals surface area contributed by atoms with E-state index in [2.05, 4.69) is 15.6 Å². The summed E-state index contributed by atoms with van der Waals surface area (Å²) in [5.74, 6) is 2.81. The minimum absolute atomic E-state index is 0.0539. The molecule has 1 unspecified atom stereocenters. The molecule has 1 atom stereocenters. The lowest BCUT2D eigenvalue weighted by Gasteiger charge is -2.56. The van der Waals surface area contributed by atoms with Crippen LogP contribution in [0.4, 0.5) is 5.82 Å². The number of fused-ring (bicyclic) bond motifs is 1. The van der Waals surface area contributed by atoms with Crippen molar-refractivity contribution < 1.29 is 14.7 Å². The zero-order valence-electron chi connectivity index (χ0n) is 17.4. The molecule has 6 rings (SSSR count). The van der Waals surface area contributed by atoms with Gasteiger partial charge in [-0.15, -0.1) is 0 Å². The van der Waals surface area contributed by atoms with Gasteiger partial charge in [-0.05, 0) is 80.8 Å². The van der Waals surface area contributed by atoms with E-state index in [9.17, 15) is 14.7 Å². The number of aliphatic hydroxyl groups is 1. The summed E-state index contributed by atoms with van der Waals surface area (Å²) in [6, 6.07) is 5.48. The number of carbonyl (C=O) groups is 2. The molecule has 2 aromatic heterocycles. The molecule has 7 heteroatoms. The Labute approximate surface area is 176 Å². The minimum atomic E-state index is -0.620. The van der Waals surface area contributed by atoms with Gasteiger partial charge in [-0.2, -0.15) is 0 Å². The Morgan fingerprint density at radius 1 is 1.20 bits per heavy atom. The molecule has 7 nitrogen and oxygen atoms in total. The first kappa shape index (κ1) is 19.5. The molecule has 4 saturated carbocycles. The Kier molecular flexibility index (Phi) is 4.81. The van der Waals surface area contributed by atoms with Crippen molar-refractivity contribution >= 4 is 23.3 Å². The SMILES string of the molecule is CC(O)CNC(=O)c1cn2c(NC(=O)CC34CC5CC(CC(C5)C3)C4)cccc2n1. The van der Waals surface area contributed by atoms with Crippen molar-refractivity contribution in [1.82, 2.24) is 14.7 Å². The average molecular weight is 411 g/mol. The van der Waals surface area contributed by atoms with Gasteiger partial charge in [0, 0.05) is 19.2 Å². The van der Waals surface area contributed by atoms with Gasteiger partial charge in [-0.3, -0.25) is 14.0 Å². The average Bonchev–Trinajstić information content (AvgIpc) is 3.10. The zero-order chi connectivity index (χ0) is 20.9. The molecule has 0 saturated heterocycles. The zero-order valence-corrected chi connectivity index (χ0v) is 17.4. The number of amides is 2. The molecule has 0 aromatic carbocycles. The van der Waals surface area contributed by atoms with Crippen LogP contribution in [-0.4, -0.2) is 39.0 Å². The number of pyridine rings is 1. The van der Waals surface area contributed by atoms with Crippen molar-refractivity contribution in [2.45, 2.75) is 58.0 Å². The first-order valence-corrected chi connectivity index (χ1v) is 11.1. The Morgan fingerprint density at radius 2 is 1.87 bits per heavy atom. The molecule has 30 heavy (non-hydrogen) atoms. The standard InChI is InChI=1S/C23H30N4O3/c1-14(28)12-24-22(30)18-13-27-19(25-18)3-2-4-20(27)26-21(29)11-23-8-15-5-16(9-23)7-17(6-15)10-23/h2-4,13-17,28H,5-12H2,1H3,(H,24,30)(H,26,29). The highest BCUT2D eigenvalue weighted by Crippen LogP contribution is 2.61. The third kappa shape index (κ3) is 3.71. The molecular formula is C23H30N4O3. The van der Waals surface area contributed by atoms with Crippen molar-refractivity contribution in [3.63, 3.8) is 0 Å². The monoisotopic (exact) mass is 410 g/mol. The topological polar surface area (TPSA) is 95.7 Å². The summed E-state index contributed by atoms with van der Waals surface area (Å²) >= 11 is 0. The summed E-state index contributed by atoms with van der Waals surface area (Å²) in [7, 11) is 0. The summed E-state index contributed by atoms with van der Waals surface area (Å²) in [6.45, 7) is 1.78. The number of anilines is 1. The predicted molar refractivity (Wildman–Crippen MR) is 113 cm³/mol. The first-order valence-electron chi connectivity index (χ1n) is 11.1. The van der Waals surface area contributed by atoms with Gasteiger partial charge < -0.3 is 15.7 Å². The van der Waals surface area contributed by atoms with Gasteiger partial charge in [0.15, 0.2) is 0 Å². The number of hydrogen-bond acceptors (Lipinski definition) is 4. The number of aromatic nitrogens is 2. The van der Waals surface area contributed by atoms with Gasteiger partial charge in [0.1, 0.15) is 17.2 Å². The van der Waals surface area contributed by atoms with Crippen LogP contribution < -0.4 is 10.6 Å². The molecule has 3 N–H and O–H groups in total. The molecule has 2 aromatic rings. The third-order valence-corrected chi connectivity index (χ3v) is 7.25. The second-order valence-electron chi connectivity index (χ2n) is 9.97. The van der Waals surface area contributed by atoms with Crippen molar-refractivity contribution in [3.8, 4) is 0 Å². The summed E-state index contributed by atoms with van der Waals surface area (Å²) in [5, 5.41) is 15.1. The first-order chi connectivity index (χ1) is 14.4. The lowest BCUT2D eigenvalue weighted by atomic mass is 9.49. The number of hydrogen-bond donors (Lipinski definition) is 3. The maximum atomic E-state index is 13.0. The number of imidazole rings is 1. The summed E-state index contributed by atoms with van der Waals surface area (Å²) in [6.07, 6.45) is 9.32. The van der Waals surface area contributed by atoms with Gasteiger partial charge in [0.05, 0.1) is 6.10 Å². The lowest BCUT2D eigenvalue weighted by Crippen LogP contribution is -2.47. The molecule has 160 valence electrons. The molecule has 2 amide bonds. The van der Waals surface area contributed by atoms with Crippen LogP contribution in [0.3, 0.4) is 0 Å². The van der Waals surface area contributed by atoms with Gasteiger partial charge >= 0.3 is 0 Å². The summed E-state index contributed by atoms with van der Waals surface area (Å²) < 4.78 is 1.74. The third-order valence-electron chi connectivity index (χ3n) is 7.25. The molecule has 4 aliphatic rings. The van der Waals surface area contributed by atoms with Crippen LogP contribution in [0.15, 0.2) is 24.4 Å². The molecule has 0 aliphatic heterocycles. The van der Waals surface area contributed by atoms with Crippen LogP contribution in [0.2, 0.25) is 0 Å². The second kappa shape index (κ2) is 7.38. The van der Waals surface area contributed by atoms with Gasteiger partial charge in [0.25, 0.3) is 5.91 Å². The highest BCUT2D eigenvalue weighted by atomic mass is 16.3. The fourth-order valence-electron chi connectivity index (χ4n) is 6.59. The maximum absolute atomic E-state index is 13.0. The molecule has 4 bridgehead atoms. The quantitative estimate of drug-likeness (QED) is 0.682. The molecule has 0 spiro atoms. The maximum Gasteiger partial charge on any atom is 0.271 e. The van der Waals surface area contributed by atoms with Gasteiger partial charge in [-0.25, -0.2) is 4.98 Å². The Bertz CT molecular complexity index is 945. The van der Waals surface area contributed by atoms with Gasteiger partial charge in [-0.1, -0.05) is 6.07 Å². The van der Waals surface area contributed by atoms with Crippen molar-refractivity contribution in [2.75, 3.05) is 11.9 Å². The lowest BCUT2D eigenvalue weighted by molar-refractivity contribution is -0.124. The Balaban J connectivity index is 1.30. The fraction of sp³-hybridized carbons (Fsp3) is 0.609. The predicted octanol–water partition coefficient (Wildman–Crippen LogP) is 2.99. The number of aliphatic hydroxyl groups excluding tert-OH is 1. The van der Waals surface area contributed by atoms with Crippen LogP contribution in [0.5, 0.6) is 0 Å². The fourth-order valence-corrected chi connectivity index (χ4v) is 6.59. The number of rotatable bonds is 6. The van der Waals surface area contributed by atoms with Crippen molar-refractivity contribution in [3.05, 3.63) is 30.1 Å². The van der Waals surface area contributed by atoms with Crippen LogP contribution in [0.1, 0.15) is 62.4 Å². The smallest absolute Gasteiger partial charge is 0.271 e. The number of nitrogens with zero attached hydrogens (tertiary/aromatic N) is 2. The summed E-state index contributed by atoms with van der Waals surface area (Å²) in [4.78, 5) is 29.6. The van der Waals surface area contributed by atoms with E-state index >= 15 is 0 Å². The Hall–Kier alpha value is -2.41. The van der Waals surface area contributed by atoms with E-state index in [1.807, 2.05) is 12.1 Å². The van der Waals surface area contributed by atoms with E-state index in [0.717, 1.165) is 17.8 Å². The van der Waals surface area contributed by atoms with E-state index in [4.69, 9.17) is 0 Å². The largest absolute Gasteiger partial charge is 0.392 e. The minimum Gasteiger partial charge on any atom is -0.392 e. The highest BCUT2D eigenvalue weighted by molar-refractivity contribution is 5.94. The molecule has 4 aliphatic carbocycles. The summed E-state index contributed by atoms with van der Waals surface area (Å²) in [5.41, 5.74) is 1.05. The second-order valence-corrected chi connectivity index (χ2v) is 9.97. The molecular weight excluding hydrogens is 380 g/mol. The van der Waals surface area contributed by atoms with E-state index < -0.39 is 6.10 Å². The molecule has 2 heterocycles.